The van der Waals surface area contributed by atoms with Crippen molar-refractivity contribution >= 4 is 22.8 Å². The van der Waals surface area contributed by atoms with Crippen molar-refractivity contribution in [2.45, 2.75) is 0 Å². The smallest absolute Gasteiger partial charge is 0.266 e. The normalized spacial score (nSPS) is 10.8. The molecule has 0 saturated heterocycles. The molecule has 0 saturated carbocycles. The number of aromatic nitrogens is 2. The summed E-state index contributed by atoms with van der Waals surface area (Å²) in [6.45, 7) is 0. The highest BCUT2D eigenvalue weighted by Crippen LogP contribution is 2.33. The van der Waals surface area contributed by atoms with E-state index in [1.165, 1.54) is 19.2 Å². The van der Waals surface area contributed by atoms with Gasteiger partial charge in [-0.05, 0) is 18.2 Å². The lowest BCUT2D eigenvalue weighted by Gasteiger charge is -2.07. The Bertz CT molecular complexity index is 1050. The summed E-state index contributed by atoms with van der Waals surface area (Å²) in [5, 5.41) is 0. The standard InChI is InChI=1S/C16H13F2N5O3/c1-26-13-7(14(19)24)2-3-10-12(13)22-15(21-10)11-8(16(25)23-20)4-6(17)5-9(11)18/h2-5H,20H2,1H3,(H2,19,24)(H,21,22)(H,23,25). The van der Waals surface area contributed by atoms with Crippen LogP contribution in [-0.2, 0) is 0 Å². The van der Waals surface area contributed by atoms with E-state index in [1.807, 2.05) is 5.43 Å². The molecule has 2 amide bonds. The van der Waals surface area contributed by atoms with Gasteiger partial charge >= 0.3 is 0 Å². The van der Waals surface area contributed by atoms with Crippen LogP contribution in [0.25, 0.3) is 22.4 Å². The summed E-state index contributed by atoms with van der Waals surface area (Å²) >= 11 is 0. The molecule has 3 aromatic rings. The number of H-pyrrole nitrogens is 1. The minimum Gasteiger partial charge on any atom is -0.494 e. The Hall–Kier alpha value is -3.53. The number of aromatic amines is 1. The van der Waals surface area contributed by atoms with Gasteiger partial charge in [0.1, 0.15) is 23.0 Å². The summed E-state index contributed by atoms with van der Waals surface area (Å²) in [5.41, 5.74) is 7.16. The van der Waals surface area contributed by atoms with Crippen molar-refractivity contribution in [1.82, 2.24) is 15.4 Å². The number of nitrogens with zero attached hydrogens (tertiary/aromatic N) is 1. The van der Waals surface area contributed by atoms with E-state index in [0.29, 0.717) is 11.6 Å². The molecule has 0 fully saturated rings. The number of benzene rings is 2. The molecule has 3 rings (SSSR count). The molecule has 10 heteroatoms. The van der Waals surface area contributed by atoms with Crippen LogP contribution in [0.15, 0.2) is 24.3 Å². The van der Waals surface area contributed by atoms with Gasteiger partial charge in [0.2, 0.25) is 0 Å². The second-order valence-electron chi connectivity index (χ2n) is 5.28. The first kappa shape index (κ1) is 17.3. The number of primary amides is 1. The lowest BCUT2D eigenvalue weighted by molar-refractivity contribution is 0.0952. The molecular formula is C16H13F2N5O3. The Morgan fingerprint density at radius 2 is 1.96 bits per heavy atom. The molecule has 2 aromatic carbocycles. The number of rotatable bonds is 4. The fourth-order valence-corrected chi connectivity index (χ4v) is 2.64. The highest BCUT2D eigenvalue weighted by Gasteiger charge is 2.23. The van der Waals surface area contributed by atoms with E-state index < -0.39 is 23.4 Å². The number of amides is 2. The number of fused-ring (bicyclic) bond motifs is 1. The first-order valence-corrected chi connectivity index (χ1v) is 7.24. The molecule has 0 aliphatic rings. The van der Waals surface area contributed by atoms with Crippen molar-refractivity contribution < 1.29 is 23.1 Å². The van der Waals surface area contributed by atoms with E-state index in [2.05, 4.69) is 9.97 Å². The van der Waals surface area contributed by atoms with Crippen LogP contribution < -0.4 is 21.7 Å². The molecule has 134 valence electrons. The monoisotopic (exact) mass is 361 g/mol. The maximum atomic E-state index is 14.4. The fourth-order valence-electron chi connectivity index (χ4n) is 2.64. The predicted molar refractivity (Wildman–Crippen MR) is 88.2 cm³/mol. The van der Waals surface area contributed by atoms with Gasteiger partial charge in [0.25, 0.3) is 11.8 Å². The first-order valence-electron chi connectivity index (χ1n) is 7.24. The van der Waals surface area contributed by atoms with E-state index in [-0.39, 0.29) is 33.8 Å². The first-order chi connectivity index (χ1) is 12.4. The third kappa shape index (κ3) is 2.71. The number of hydrazine groups is 1. The Kier molecular flexibility index (Phi) is 4.26. The SMILES string of the molecule is COc1c(C(N)=O)ccc2[nH]c(-c3c(F)cc(F)cc3C(=O)NN)nc12. The van der Waals surface area contributed by atoms with Crippen LogP contribution in [0.3, 0.4) is 0 Å². The molecule has 6 N–H and O–H groups in total. The Balaban J connectivity index is 2.31. The molecule has 0 atom stereocenters. The summed E-state index contributed by atoms with van der Waals surface area (Å²) in [4.78, 5) is 30.4. The highest BCUT2D eigenvalue weighted by molar-refractivity contribution is 6.03. The van der Waals surface area contributed by atoms with Crippen LogP contribution in [0, 0.1) is 11.6 Å². The Labute approximate surface area is 145 Å². The summed E-state index contributed by atoms with van der Waals surface area (Å²) in [6, 6.07) is 4.36. The summed E-state index contributed by atoms with van der Waals surface area (Å²) in [6.07, 6.45) is 0. The van der Waals surface area contributed by atoms with Gasteiger partial charge in [-0.1, -0.05) is 0 Å². The molecule has 0 bridgehead atoms. The molecule has 0 aliphatic heterocycles. The van der Waals surface area contributed by atoms with Crippen LogP contribution in [0.4, 0.5) is 8.78 Å². The number of halogens is 2. The maximum Gasteiger partial charge on any atom is 0.266 e. The van der Waals surface area contributed by atoms with E-state index in [9.17, 15) is 18.4 Å². The van der Waals surface area contributed by atoms with Gasteiger partial charge in [-0.25, -0.2) is 19.6 Å². The number of carbonyl (C=O) groups is 2. The van der Waals surface area contributed by atoms with Crippen molar-refractivity contribution in [3.05, 3.63) is 47.0 Å². The third-order valence-electron chi connectivity index (χ3n) is 3.75. The largest absolute Gasteiger partial charge is 0.494 e. The lowest BCUT2D eigenvalue weighted by atomic mass is 10.1. The van der Waals surface area contributed by atoms with Crippen molar-refractivity contribution in [2.75, 3.05) is 7.11 Å². The zero-order valence-electron chi connectivity index (χ0n) is 13.4. The van der Waals surface area contributed by atoms with Gasteiger partial charge in [0.15, 0.2) is 5.75 Å². The van der Waals surface area contributed by atoms with Crippen LogP contribution >= 0.6 is 0 Å². The van der Waals surface area contributed by atoms with E-state index >= 15 is 0 Å². The zero-order chi connectivity index (χ0) is 19.0. The Morgan fingerprint density at radius 1 is 1.23 bits per heavy atom. The lowest BCUT2D eigenvalue weighted by Crippen LogP contribution is -2.30. The molecule has 1 aromatic heterocycles. The van der Waals surface area contributed by atoms with Gasteiger partial charge in [0.05, 0.1) is 29.3 Å². The van der Waals surface area contributed by atoms with Crippen LogP contribution in [0.2, 0.25) is 0 Å². The summed E-state index contributed by atoms with van der Waals surface area (Å²) < 4.78 is 33.1. The maximum absolute atomic E-state index is 14.4. The Morgan fingerprint density at radius 3 is 2.58 bits per heavy atom. The molecule has 1 heterocycles. The number of imidazole rings is 1. The molecule has 8 nitrogen and oxygen atoms in total. The van der Waals surface area contributed by atoms with E-state index in [4.69, 9.17) is 16.3 Å². The van der Waals surface area contributed by atoms with E-state index in [0.717, 1.165) is 6.07 Å². The highest BCUT2D eigenvalue weighted by atomic mass is 19.1. The average molecular weight is 361 g/mol. The van der Waals surface area contributed by atoms with Gasteiger partial charge in [-0.15, -0.1) is 0 Å². The number of hydrogen-bond acceptors (Lipinski definition) is 5. The van der Waals surface area contributed by atoms with E-state index in [1.54, 1.807) is 0 Å². The fraction of sp³-hybridized carbons (Fsp3) is 0.0625. The second kappa shape index (κ2) is 6.41. The third-order valence-corrected chi connectivity index (χ3v) is 3.75. The number of nitrogens with one attached hydrogen (secondary N) is 2. The van der Waals surface area contributed by atoms with Crippen LogP contribution in [0.5, 0.6) is 5.75 Å². The van der Waals surface area contributed by atoms with Gasteiger partial charge in [0, 0.05) is 6.07 Å². The van der Waals surface area contributed by atoms with Crippen molar-refractivity contribution in [1.29, 1.82) is 0 Å². The quantitative estimate of drug-likeness (QED) is 0.315. The summed E-state index contributed by atoms with van der Waals surface area (Å²) in [7, 11) is 1.32. The topological polar surface area (TPSA) is 136 Å². The number of hydrogen-bond donors (Lipinski definition) is 4. The number of methoxy groups -OCH3 is 1. The van der Waals surface area contributed by atoms with Crippen LogP contribution in [-0.4, -0.2) is 28.9 Å². The minimum absolute atomic E-state index is 0.0731. The van der Waals surface area contributed by atoms with Crippen molar-refractivity contribution in [3.8, 4) is 17.1 Å². The minimum atomic E-state index is -1.02. The van der Waals surface area contributed by atoms with Gasteiger partial charge < -0.3 is 15.5 Å². The molecule has 0 radical (unpaired) electrons. The molecule has 0 unspecified atom stereocenters. The van der Waals surface area contributed by atoms with Crippen LogP contribution in [0.1, 0.15) is 20.7 Å². The summed E-state index contributed by atoms with van der Waals surface area (Å²) in [5.74, 6) is 1.50. The predicted octanol–water partition coefficient (Wildman–Crippen LogP) is 1.22. The average Bonchev–Trinajstić information content (AvgIpc) is 3.02. The van der Waals surface area contributed by atoms with Crippen molar-refractivity contribution in [3.63, 3.8) is 0 Å². The zero-order valence-corrected chi connectivity index (χ0v) is 13.4. The molecular weight excluding hydrogens is 348 g/mol. The number of nitrogen functional groups attached to an aromatic ring is 1. The number of ether oxygens (including phenoxy) is 1. The van der Waals surface area contributed by atoms with Crippen molar-refractivity contribution in [2.24, 2.45) is 11.6 Å². The molecule has 26 heavy (non-hydrogen) atoms. The molecule has 0 aliphatic carbocycles. The number of carbonyl (C=O) groups excluding carboxylic acids is 2. The van der Waals surface area contributed by atoms with Gasteiger partial charge in [-0.2, -0.15) is 0 Å². The van der Waals surface area contributed by atoms with Gasteiger partial charge in [-0.3, -0.25) is 15.0 Å². The molecule has 0 spiro atoms. The second-order valence-corrected chi connectivity index (χ2v) is 5.28. The number of nitrogens with two attached hydrogens (primary N) is 2.